The lowest BCUT2D eigenvalue weighted by atomic mass is 10.1. The molecule has 0 saturated heterocycles. The van der Waals surface area contributed by atoms with Gasteiger partial charge in [0.1, 0.15) is 0 Å². The lowest BCUT2D eigenvalue weighted by Gasteiger charge is -2.22. The number of carbonyl (C=O) groups excluding carboxylic acids is 1. The van der Waals surface area contributed by atoms with Crippen LogP contribution in [-0.2, 0) is 11.8 Å². The summed E-state index contributed by atoms with van der Waals surface area (Å²) < 4.78 is 7.14. The van der Waals surface area contributed by atoms with E-state index in [1.54, 1.807) is 12.3 Å². The second-order valence-electron chi connectivity index (χ2n) is 5.84. The van der Waals surface area contributed by atoms with Gasteiger partial charge in [-0.05, 0) is 39.8 Å². The highest BCUT2D eigenvalue weighted by molar-refractivity contribution is 8.00. The fourth-order valence-corrected chi connectivity index (χ4v) is 2.54. The summed E-state index contributed by atoms with van der Waals surface area (Å²) in [6, 6.07) is 3.63. The van der Waals surface area contributed by atoms with Gasteiger partial charge >= 0.3 is 0 Å². The highest BCUT2D eigenvalue weighted by atomic mass is 32.2. The van der Waals surface area contributed by atoms with Gasteiger partial charge in [-0.25, -0.2) is 0 Å². The number of furan rings is 1. The van der Waals surface area contributed by atoms with Crippen molar-refractivity contribution in [2.75, 3.05) is 0 Å². The van der Waals surface area contributed by atoms with Crippen molar-refractivity contribution in [1.82, 2.24) is 20.1 Å². The van der Waals surface area contributed by atoms with E-state index in [0.29, 0.717) is 16.7 Å². The van der Waals surface area contributed by atoms with Gasteiger partial charge in [0.15, 0.2) is 16.7 Å². The molecule has 0 radical (unpaired) electrons. The Bertz CT molecular complexity index is 613. The van der Waals surface area contributed by atoms with E-state index in [0.717, 1.165) is 0 Å². The number of rotatable bonds is 4. The van der Waals surface area contributed by atoms with Crippen molar-refractivity contribution >= 4 is 17.7 Å². The molecule has 0 aliphatic carbocycles. The largest absolute Gasteiger partial charge is 0.461 e. The summed E-state index contributed by atoms with van der Waals surface area (Å²) in [5.74, 6) is 1.28. The molecule has 1 N–H and O–H groups in total. The second-order valence-corrected chi connectivity index (χ2v) is 7.15. The first-order chi connectivity index (χ1) is 9.78. The van der Waals surface area contributed by atoms with E-state index in [9.17, 15) is 4.79 Å². The molecule has 0 saturated carbocycles. The summed E-state index contributed by atoms with van der Waals surface area (Å²) in [6.45, 7) is 7.73. The molecule has 0 aliphatic heterocycles. The molecule has 114 valence electrons. The van der Waals surface area contributed by atoms with Crippen LogP contribution >= 0.6 is 11.8 Å². The predicted octanol–water partition coefficient (Wildman–Crippen LogP) is 2.47. The molecule has 1 amide bonds. The molecule has 0 bridgehead atoms. The van der Waals surface area contributed by atoms with Crippen LogP contribution in [0.1, 0.15) is 27.7 Å². The van der Waals surface area contributed by atoms with Gasteiger partial charge in [0.2, 0.25) is 5.91 Å². The molecule has 0 unspecified atom stereocenters. The molecule has 1 atom stereocenters. The molecule has 2 aromatic heterocycles. The fraction of sp³-hybridized carbons (Fsp3) is 0.500. The van der Waals surface area contributed by atoms with E-state index in [-0.39, 0.29) is 16.7 Å². The summed E-state index contributed by atoms with van der Waals surface area (Å²) in [6.07, 6.45) is 1.59. The summed E-state index contributed by atoms with van der Waals surface area (Å²) in [5.41, 5.74) is -0.245. The number of nitrogens with zero attached hydrogens (tertiary/aromatic N) is 3. The molecule has 21 heavy (non-hydrogen) atoms. The van der Waals surface area contributed by atoms with Crippen LogP contribution in [0.5, 0.6) is 0 Å². The molecular formula is C14H20N4O2S. The minimum absolute atomic E-state index is 0.0185. The van der Waals surface area contributed by atoms with Gasteiger partial charge in [-0.3, -0.25) is 4.79 Å². The SMILES string of the molecule is C[C@H](Sc1nnc(-c2ccco2)n1C)C(=O)NC(C)(C)C. The Morgan fingerprint density at radius 2 is 2.14 bits per heavy atom. The summed E-state index contributed by atoms with van der Waals surface area (Å²) in [5, 5.41) is 11.6. The number of nitrogens with one attached hydrogen (secondary N) is 1. The highest BCUT2D eigenvalue weighted by Crippen LogP contribution is 2.26. The van der Waals surface area contributed by atoms with Gasteiger partial charge in [0.05, 0.1) is 11.5 Å². The number of carbonyl (C=O) groups is 1. The maximum Gasteiger partial charge on any atom is 0.233 e. The van der Waals surface area contributed by atoms with E-state index >= 15 is 0 Å². The Labute approximate surface area is 128 Å². The number of hydrogen-bond acceptors (Lipinski definition) is 5. The quantitative estimate of drug-likeness (QED) is 0.878. The van der Waals surface area contributed by atoms with Crippen LogP contribution in [0.15, 0.2) is 28.0 Å². The molecule has 0 aliphatic rings. The van der Waals surface area contributed by atoms with Crippen molar-refractivity contribution in [3.63, 3.8) is 0 Å². The van der Waals surface area contributed by atoms with Crippen LogP contribution in [-0.4, -0.2) is 31.5 Å². The van der Waals surface area contributed by atoms with Crippen molar-refractivity contribution in [3.8, 4) is 11.6 Å². The molecular weight excluding hydrogens is 288 g/mol. The number of hydrogen-bond donors (Lipinski definition) is 1. The average Bonchev–Trinajstić information content (AvgIpc) is 2.98. The first-order valence-corrected chi connectivity index (χ1v) is 7.58. The van der Waals surface area contributed by atoms with Gasteiger partial charge in [-0.1, -0.05) is 11.8 Å². The van der Waals surface area contributed by atoms with Gasteiger partial charge in [0.25, 0.3) is 0 Å². The van der Waals surface area contributed by atoms with Crippen LogP contribution in [0.25, 0.3) is 11.6 Å². The first kappa shape index (κ1) is 15.6. The van der Waals surface area contributed by atoms with Crippen LogP contribution < -0.4 is 5.32 Å². The molecule has 6 nitrogen and oxygen atoms in total. The van der Waals surface area contributed by atoms with E-state index in [1.165, 1.54) is 11.8 Å². The van der Waals surface area contributed by atoms with Gasteiger partial charge in [0, 0.05) is 12.6 Å². The zero-order valence-electron chi connectivity index (χ0n) is 12.9. The Balaban J connectivity index is 2.09. The molecule has 0 spiro atoms. The van der Waals surface area contributed by atoms with Crippen molar-refractivity contribution in [3.05, 3.63) is 18.4 Å². The highest BCUT2D eigenvalue weighted by Gasteiger charge is 2.23. The third-order valence-corrected chi connectivity index (χ3v) is 3.86. The maximum absolute atomic E-state index is 12.1. The summed E-state index contributed by atoms with van der Waals surface area (Å²) in [7, 11) is 1.86. The number of aromatic nitrogens is 3. The predicted molar refractivity (Wildman–Crippen MR) is 81.9 cm³/mol. The Morgan fingerprint density at radius 3 is 2.71 bits per heavy atom. The monoisotopic (exact) mass is 308 g/mol. The van der Waals surface area contributed by atoms with E-state index < -0.39 is 0 Å². The Kier molecular flexibility index (Phi) is 4.41. The lowest BCUT2D eigenvalue weighted by Crippen LogP contribution is -2.44. The van der Waals surface area contributed by atoms with E-state index in [1.807, 2.05) is 45.4 Å². The maximum atomic E-state index is 12.1. The van der Waals surface area contributed by atoms with Crippen molar-refractivity contribution in [1.29, 1.82) is 0 Å². The van der Waals surface area contributed by atoms with Crippen molar-refractivity contribution in [2.45, 2.75) is 43.6 Å². The van der Waals surface area contributed by atoms with Crippen molar-refractivity contribution in [2.24, 2.45) is 7.05 Å². The fourth-order valence-electron chi connectivity index (χ4n) is 1.72. The van der Waals surface area contributed by atoms with Crippen molar-refractivity contribution < 1.29 is 9.21 Å². The molecule has 0 fully saturated rings. The molecule has 2 aromatic rings. The van der Waals surface area contributed by atoms with Gasteiger partial charge < -0.3 is 14.3 Å². The topological polar surface area (TPSA) is 73.0 Å². The van der Waals surface area contributed by atoms with Crippen LogP contribution in [0, 0.1) is 0 Å². The van der Waals surface area contributed by atoms with Crippen LogP contribution in [0.3, 0.4) is 0 Å². The first-order valence-electron chi connectivity index (χ1n) is 6.70. The Morgan fingerprint density at radius 1 is 1.43 bits per heavy atom. The van der Waals surface area contributed by atoms with Crippen LogP contribution in [0.2, 0.25) is 0 Å². The average molecular weight is 308 g/mol. The smallest absolute Gasteiger partial charge is 0.233 e. The zero-order valence-corrected chi connectivity index (χ0v) is 13.7. The third-order valence-electron chi connectivity index (χ3n) is 2.73. The lowest BCUT2D eigenvalue weighted by molar-refractivity contribution is -0.121. The van der Waals surface area contributed by atoms with E-state index in [2.05, 4.69) is 15.5 Å². The minimum Gasteiger partial charge on any atom is -0.461 e. The standard InChI is InChI=1S/C14H20N4O2S/c1-9(12(19)15-14(2,3)4)21-13-17-16-11(18(13)5)10-7-6-8-20-10/h6-9H,1-5H3,(H,15,19)/t9-/m0/s1. The number of thioether (sulfide) groups is 1. The molecule has 0 aromatic carbocycles. The summed E-state index contributed by atoms with van der Waals surface area (Å²) >= 11 is 1.37. The minimum atomic E-state index is -0.253. The van der Waals surface area contributed by atoms with Crippen LogP contribution in [0.4, 0.5) is 0 Å². The van der Waals surface area contributed by atoms with Gasteiger partial charge in [-0.2, -0.15) is 0 Å². The molecule has 2 heterocycles. The summed E-state index contributed by atoms with van der Waals surface area (Å²) in [4.78, 5) is 12.1. The third kappa shape index (κ3) is 3.87. The Hall–Kier alpha value is -1.76. The zero-order chi connectivity index (χ0) is 15.6. The van der Waals surface area contributed by atoms with E-state index in [4.69, 9.17) is 4.42 Å². The second kappa shape index (κ2) is 5.93. The molecule has 7 heteroatoms. The number of amides is 1. The molecule has 2 rings (SSSR count). The normalized spacial score (nSPS) is 13.2. The van der Waals surface area contributed by atoms with Gasteiger partial charge in [-0.15, -0.1) is 10.2 Å².